The van der Waals surface area contributed by atoms with E-state index in [0.717, 1.165) is 44.1 Å². The predicted molar refractivity (Wildman–Crippen MR) is 109 cm³/mol. The van der Waals surface area contributed by atoms with E-state index in [9.17, 15) is 9.59 Å². The number of carbonyl (C=O) groups excluding carboxylic acids is 2. The van der Waals surface area contributed by atoms with E-state index < -0.39 is 18.0 Å². The summed E-state index contributed by atoms with van der Waals surface area (Å²) >= 11 is 0. The van der Waals surface area contributed by atoms with Crippen molar-refractivity contribution in [2.24, 2.45) is 11.3 Å². The van der Waals surface area contributed by atoms with E-state index >= 15 is 0 Å². The van der Waals surface area contributed by atoms with Crippen LogP contribution < -0.4 is 9.47 Å². The topological polar surface area (TPSA) is 82.9 Å². The highest BCUT2D eigenvalue weighted by Crippen LogP contribution is 2.41. The number of aromatic nitrogens is 2. The average molecular weight is 418 g/mol. The van der Waals surface area contributed by atoms with Gasteiger partial charge in [-0.3, -0.25) is 9.58 Å². The van der Waals surface area contributed by atoms with E-state index in [2.05, 4.69) is 30.8 Å². The van der Waals surface area contributed by atoms with Crippen LogP contribution in [0, 0.1) is 11.3 Å². The number of hydrogen-bond donors (Lipinski definition) is 0. The first kappa shape index (κ1) is 20.9. The minimum absolute atomic E-state index is 0.274. The average Bonchev–Trinajstić information content (AvgIpc) is 3.06. The molecule has 0 amide bonds. The number of piperidine rings is 1. The predicted octanol–water partition coefficient (Wildman–Crippen LogP) is 2.87. The van der Waals surface area contributed by atoms with Gasteiger partial charge in [0.15, 0.2) is 0 Å². The van der Waals surface area contributed by atoms with Gasteiger partial charge >= 0.3 is 11.9 Å². The highest BCUT2D eigenvalue weighted by atomic mass is 16.6. The molecule has 8 nitrogen and oxygen atoms in total. The Morgan fingerprint density at radius 1 is 1.10 bits per heavy atom. The lowest BCUT2D eigenvalue weighted by molar-refractivity contribution is -0.144. The van der Waals surface area contributed by atoms with E-state index in [1.165, 1.54) is 12.8 Å². The van der Waals surface area contributed by atoms with Crippen LogP contribution in [0.5, 0.6) is 11.6 Å². The molecule has 4 heterocycles. The van der Waals surface area contributed by atoms with E-state index in [1.807, 2.05) is 0 Å². The summed E-state index contributed by atoms with van der Waals surface area (Å²) in [6.07, 6.45) is 5.58. The Hall–Kier alpha value is -2.35. The van der Waals surface area contributed by atoms with E-state index in [-0.39, 0.29) is 5.75 Å². The number of esters is 2. The van der Waals surface area contributed by atoms with Crippen molar-refractivity contribution in [3.05, 3.63) is 17.8 Å². The Kier molecular flexibility index (Phi) is 5.86. The molecule has 8 heteroatoms. The molecule has 1 atom stereocenters. The van der Waals surface area contributed by atoms with Crippen LogP contribution in [0.3, 0.4) is 0 Å². The first-order valence-electron chi connectivity index (χ1n) is 10.9. The smallest absolute Gasteiger partial charge is 0.336 e. The van der Waals surface area contributed by atoms with Crippen molar-refractivity contribution in [2.45, 2.75) is 59.1 Å². The van der Waals surface area contributed by atoms with Crippen molar-refractivity contribution in [1.29, 1.82) is 0 Å². The van der Waals surface area contributed by atoms with E-state index in [1.54, 1.807) is 4.68 Å². The van der Waals surface area contributed by atoms with Crippen LogP contribution in [0.2, 0.25) is 0 Å². The zero-order chi connectivity index (χ0) is 21.3. The lowest BCUT2D eigenvalue weighted by Gasteiger charge is -2.38. The van der Waals surface area contributed by atoms with Gasteiger partial charge in [-0.2, -0.15) is 0 Å². The van der Waals surface area contributed by atoms with Crippen LogP contribution in [0.25, 0.3) is 0 Å². The summed E-state index contributed by atoms with van der Waals surface area (Å²) in [5.74, 6) is 0.128. The van der Waals surface area contributed by atoms with Gasteiger partial charge in [0, 0.05) is 25.2 Å². The molecule has 0 radical (unpaired) electrons. The maximum absolute atomic E-state index is 12.1. The molecule has 4 rings (SSSR count). The zero-order valence-electron chi connectivity index (χ0n) is 18.1. The maximum Gasteiger partial charge on any atom is 0.336 e. The van der Waals surface area contributed by atoms with Gasteiger partial charge in [0.2, 0.25) is 5.75 Å². The fourth-order valence-electron chi connectivity index (χ4n) is 4.53. The second kappa shape index (κ2) is 8.41. The highest BCUT2D eigenvalue weighted by Gasteiger charge is 2.34. The van der Waals surface area contributed by atoms with Crippen molar-refractivity contribution < 1.29 is 23.8 Å². The summed E-state index contributed by atoms with van der Waals surface area (Å²) in [5.41, 5.74) is 0.960. The normalized spacial score (nSPS) is 24.2. The summed E-state index contributed by atoms with van der Waals surface area (Å²) < 4.78 is 18.7. The van der Waals surface area contributed by atoms with Gasteiger partial charge in [-0.05, 0) is 50.1 Å². The van der Waals surface area contributed by atoms with Crippen LogP contribution in [-0.4, -0.2) is 52.9 Å². The second-order valence-electron chi connectivity index (χ2n) is 9.40. The van der Waals surface area contributed by atoms with Crippen LogP contribution in [-0.2, 0) is 20.9 Å². The van der Waals surface area contributed by atoms with Gasteiger partial charge in [-0.15, -0.1) is 5.10 Å². The molecule has 0 spiro atoms. The summed E-state index contributed by atoms with van der Waals surface area (Å²) in [5, 5.41) is 4.50. The Bertz CT molecular complexity index is 831. The standard InChI is InChI=1S/C22H31N3O5/c1-22(2,3)15-8-11-24(12-9-15)13-14-28-21-20-19-16(5-4-10-25(19)23-21)29-17(26)6-7-18(27)30-20/h6-7,15-16H,4-5,8-14H2,1-3H3/b7-6-. The van der Waals surface area contributed by atoms with Gasteiger partial charge in [0.25, 0.3) is 5.88 Å². The molecule has 3 aliphatic heterocycles. The van der Waals surface area contributed by atoms with Crippen molar-refractivity contribution in [3.8, 4) is 11.6 Å². The van der Waals surface area contributed by atoms with Crippen LogP contribution in [0.4, 0.5) is 0 Å². The van der Waals surface area contributed by atoms with Crippen molar-refractivity contribution in [3.63, 3.8) is 0 Å². The second-order valence-corrected chi connectivity index (χ2v) is 9.40. The number of aryl methyl sites for hydroxylation is 1. The molecule has 1 aromatic rings. The highest BCUT2D eigenvalue weighted by molar-refractivity contribution is 5.93. The van der Waals surface area contributed by atoms with Crippen LogP contribution in [0.1, 0.15) is 58.3 Å². The molecule has 1 fully saturated rings. The van der Waals surface area contributed by atoms with Crippen LogP contribution in [0.15, 0.2) is 12.2 Å². The monoisotopic (exact) mass is 417 g/mol. The number of hydrogen-bond acceptors (Lipinski definition) is 7. The molecular formula is C22H31N3O5. The van der Waals surface area contributed by atoms with Crippen molar-refractivity contribution in [2.75, 3.05) is 26.2 Å². The molecule has 164 valence electrons. The molecule has 1 unspecified atom stereocenters. The zero-order valence-corrected chi connectivity index (χ0v) is 18.1. The van der Waals surface area contributed by atoms with Crippen molar-refractivity contribution in [1.82, 2.24) is 14.7 Å². The molecule has 1 aromatic heterocycles. The molecule has 0 aliphatic carbocycles. The van der Waals surface area contributed by atoms with Gasteiger partial charge in [-0.1, -0.05) is 20.8 Å². The molecule has 0 aromatic carbocycles. The first-order valence-corrected chi connectivity index (χ1v) is 10.9. The van der Waals surface area contributed by atoms with E-state index in [0.29, 0.717) is 36.6 Å². The molecule has 1 saturated heterocycles. The number of ether oxygens (including phenoxy) is 3. The third-order valence-corrected chi connectivity index (χ3v) is 6.33. The maximum atomic E-state index is 12.1. The van der Waals surface area contributed by atoms with E-state index in [4.69, 9.17) is 14.2 Å². The van der Waals surface area contributed by atoms with Gasteiger partial charge in [-0.25, -0.2) is 9.59 Å². The number of nitrogens with zero attached hydrogens (tertiary/aromatic N) is 3. The van der Waals surface area contributed by atoms with Crippen molar-refractivity contribution >= 4 is 11.9 Å². The minimum atomic E-state index is -0.636. The SMILES string of the molecule is CC(C)(C)C1CCN(CCOc2nn3c4c2OC(=O)/C=C\C(=O)OC4CCC3)CC1. The number of rotatable bonds is 4. The molecule has 0 saturated carbocycles. The van der Waals surface area contributed by atoms with Gasteiger partial charge in [0.1, 0.15) is 18.4 Å². The molecular weight excluding hydrogens is 386 g/mol. The number of likely N-dealkylation sites (tertiary alicyclic amines) is 1. The molecule has 0 N–H and O–H groups in total. The lowest BCUT2D eigenvalue weighted by atomic mass is 9.75. The fourth-order valence-corrected chi connectivity index (χ4v) is 4.53. The summed E-state index contributed by atoms with van der Waals surface area (Å²) in [6.45, 7) is 11.0. The summed E-state index contributed by atoms with van der Waals surface area (Å²) in [6, 6.07) is 0. The third-order valence-electron chi connectivity index (χ3n) is 6.33. The largest absolute Gasteiger partial charge is 0.473 e. The lowest BCUT2D eigenvalue weighted by Crippen LogP contribution is -2.39. The quantitative estimate of drug-likeness (QED) is 0.697. The molecule has 30 heavy (non-hydrogen) atoms. The summed E-state index contributed by atoms with van der Waals surface area (Å²) in [4.78, 5) is 26.4. The van der Waals surface area contributed by atoms with Crippen LogP contribution >= 0.6 is 0 Å². The Labute approximate surface area is 177 Å². The minimum Gasteiger partial charge on any atom is -0.473 e. The fraction of sp³-hybridized carbons (Fsp3) is 0.682. The molecule has 3 aliphatic rings. The third kappa shape index (κ3) is 4.53. The molecule has 0 bridgehead atoms. The van der Waals surface area contributed by atoms with Gasteiger partial charge in [0.05, 0.1) is 0 Å². The Balaban J connectivity index is 1.42. The summed E-state index contributed by atoms with van der Waals surface area (Å²) in [7, 11) is 0. The first-order chi connectivity index (χ1) is 14.3. The number of carbonyl (C=O) groups is 2. The van der Waals surface area contributed by atoms with Gasteiger partial charge < -0.3 is 14.2 Å². The Morgan fingerprint density at radius 2 is 1.83 bits per heavy atom. The Morgan fingerprint density at radius 3 is 2.57 bits per heavy atom.